The zero-order chi connectivity index (χ0) is 17.6. The van der Waals surface area contributed by atoms with Crippen LogP contribution in [0.4, 0.5) is 0 Å². The second kappa shape index (κ2) is 8.58. The maximum Gasteiger partial charge on any atom is 0.232 e. The molecular weight excluding hydrogens is 356 g/mol. The molecule has 2 aromatic rings. The van der Waals surface area contributed by atoms with Crippen LogP contribution >= 0.6 is 11.3 Å². The number of hydrogen-bond acceptors (Lipinski definition) is 5. The van der Waals surface area contributed by atoms with Gasteiger partial charge in [-0.3, -0.25) is 9.00 Å². The van der Waals surface area contributed by atoms with Crippen molar-refractivity contribution < 1.29 is 13.7 Å². The third-order valence-electron chi connectivity index (χ3n) is 4.21. The van der Waals surface area contributed by atoms with E-state index < -0.39 is 10.8 Å². The summed E-state index contributed by atoms with van der Waals surface area (Å²) in [6.45, 7) is 0. The first-order valence-electron chi connectivity index (χ1n) is 8.37. The minimum absolute atomic E-state index is 0.0475. The molecule has 1 unspecified atom stereocenters. The minimum atomic E-state index is -1.24. The molecule has 134 valence electrons. The van der Waals surface area contributed by atoms with E-state index >= 15 is 0 Å². The number of nitrogens with one attached hydrogen (secondary N) is 1. The summed E-state index contributed by atoms with van der Waals surface area (Å²) in [5, 5.41) is 5.76. The lowest BCUT2D eigenvalue weighted by Gasteiger charge is -2.11. The number of rotatable bonds is 7. The molecule has 1 aliphatic carbocycles. The van der Waals surface area contributed by atoms with Crippen molar-refractivity contribution >= 4 is 28.0 Å². The maximum atomic E-state index is 12.2. The number of hydrogen-bond donors (Lipinski definition) is 1. The van der Waals surface area contributed by atoms with E-state index in [0.717, 1.165) is 34.9 Å². The largest absolute Gasteiger partial charge is 0.497 e. The van der Waals surface area contributed by atoms with Crippen LogP contribution in [0.1, 0.15) is 31.4 Å². The first-order chi connectivity index (χ1) is 12.1. The average molecular weight is 379 g/mol. The van der Waals surface area contributed by atoms with Gasteiger partial charge in [0.15, 0.2) is 0 Å². The summed E-state index contributed by atoms with van der Waals surface area (Å²) in [6, 6.07) is 7.95. The van der Waals surface area contributed by atoms with E-state index in [2.05, 4.69) is 10.3 Å². The molecule has 25 heavy (non-hydrogen) atoms. The van der Waals surface area contributed by atoms with Gasteiger partial charge in [-0.2, -0.15) is 0 Å². The molecule has 7 heteroatoms. The van der Waals surface area contributed by atoms with Gasteiger partial charge in [-0.15, -0.1) is 11.3 Å². The monoisotopic (exact) mass is 378 g/mol. The van der Waals surface area contributed by atoms with Gasteiger partial charge in [0.2, 0.25) is 5.91 Å². The lowest BCUT2D eigenvalue weighted by molar-refractivity contribution is -0.119. The Kier molecular flexibility index (Phi) is 6.20. The van der Waals surface area contributed by atoms with E-state index in [1.54, 1.807) is 7.11 Å². The Morgan fingerprint density at radius 2 is 2.04 bits per heavy atom. The quantitative estimate of drug-likeness (QED) is 0.804. The second-order valence-electron chi connectivity index (χ2n) is 6.15. The van der Waals surface area contributed by atoms with Crippen LogP contribution in [0.2, 0.25) is 0 Å². The Labute approximate surface area is 154 Å². The molecule has 1 N–H and O–H groups in total. The maximum absolute atomic E-state index is 12.2. The molecule has 1 aliphatic rings. The van der Waals surface area contributed by atoms with Crippen LogP contribution in [0.15, 0.2) is 29.6 Å². The summed E-state index contributed by atoms with van der Waals surface area (Å²) in [7, 11) is 0.397. The number of thiazole rings is 1. The van der Waals surface area contributed by atoms with Gasteiger partial charge in [-0.1, -0.05) is 12.8 Å². The zero-order valence-corrected chi connectivity index (χ0v) is 15.8. The molecule has 3 rings (SSSR count). The van der Waals surface area contributed by atoms with Crippen LogP contribution in [0.3, 0.4) is 0 Å². The number of benzene rings is 1. The fourth-order valence-electron chi connectivity index (χ4n) is 2.94. The number of carbonyl (C=O) groups is 1. The van der Waals surface area contributed by atoms with Crippen molar-refractivity contribution in [3.8, 4) is 16.3 Å². The molecule has 0 saturated heterocycles. The fraction of sp³-hybridized carbons (Fsp3) is 0.444. The van der Waals surface area contributed by atoms with E-state index in [-0.39, 0.29) is 17.7 Å². The van der Waals surface area contributed by atoms with Crippen molar-refractivity contribution in [1.29, 1.82) is 0 Å². The van der Waals surface area contributed by atoms with Crippen LogP contribution in [0.5, 0.6) is 5.75 Å². The fourth-order valence-corrected chi connectivity index (χ4v) is 4.83. The zero-order valence-electron chi connectivity index (χ0n) is 14.2. The lowest BCUT2D eigenvalue weighted by atomic mass is 10.2. The molecular formula is C18H22N2O3S2. The Bertz CT molecular complexity index is 737. The minimum Gasteiger partial charge on any atom is -0.497 e. The van der Waals surface area contributed by atoms with Crippen molar-refractivity contribution in [2.45, 2.75) is 37.5 Å². The van der Waals surface area contributed by atoms with E-state index in [1.165, 1.54) is 24.2 Å². The highest BCUT2D eigenvalue weighted by Gasteiger charge is 2.18. The summed E-state index contributed by atoms with van der Waals surface area (Å²) in [5.41, 5.74) is 1.77. The summed E-state index contributed by atoms with van der Waals surface area (Å²) in [4.78, 5) is 16.5. The van der Waals surface area contributed by atoms with Crippen LogP contribution in [-0.4, -0.2) is 34.0 Å². The predicted molar refractivity (Wildman–Crippen MR) is 101 cm³/mol. The van der Waals surface area contributed by atoms with Crippen molar-refractivity contribution in [3.63, 3.8) is 0 Å². The second-order valence-corrected chi connectivity index (χ2v) is 8.46. The number of aromatic nitrogens is 1. The highest BCUT2D eigenvalue weighted by atomic mass is 32.2. The van der Waals surface area contributed by atoms with Crippen LogP contribution in [0.25, 0.3) is 10.6 Å². The number of amides is 1. The van der Waals surface area contributed by atoms with Crippen LogP contribution in [-0.2, 0) is 21.3 Å². The van der Waals surface area contributed by atoms with Crippen molar-refractivity contribution in [2.24, 2.45) is 0 Å². The van der Waals surface area contributed by atoms with E-state index in [0.29, 0.717) is 5.75 Å². The molecule has 1 saturated carbocycles. The molecule has 0 aliphatic heterocycles. The molecule has 1 amide bonds. The number of nitrogens with zero attached hydrogens (tertiary/aromatic N) is 1. The van der Waals surface area contributed by atoms with Gasteiger partial charge in [0, 0.05) is 27.8 Å². The van der Waals surface area contributed by atoms with Gasteiger partial charge in [0.25, 0.3) is 0 Å². The Hall–Kier alpha value is -1.73. The van der Waals surface area contributed by atoms with Gasteiger partial charge in [-0.05, 0) is 37.1 Å². The standard InChI is InChI=1S/C18H22N2O3S2/c1-23-16-8-6-13(7-9-16)18-20-15(10-24-18)11-25(22)12-17(21)19-14-4-2-3-5-14/h6-10,14H,2-5,11-12H2,1H3,(H,19,21). The van der Waals surface area contributed by atoms with E-state index in [9.17, 15) is 9.00 Å². The molecule has 5 nitrogen and oxygen atoms in total. The van der Waals surface area contributed by atoms with Crippen molar-refractivity contribution in [1.82, 2.24) is 10.3 Å². The normalized spacial score (nSPS) is 15.9. The molecule has 1 aromatic heterocycles. The number of carbonyl (C=O) groups excluding carboxylic acids is 1. The van der Waals surface area contributed by atoms with Crippen molar-refractivity contribution in [3.05, 3.63) is 35.3 Å². The Morgan fingerprint density at radius 3 is 2.72 bits per heavy atom. The molecule has 1 aromatic carbocycles. The SMILES string of the molecule is COc1ccc(-c2nc(CS(=O)CC(=O)NC3CCCC3)cs2)cc1. The molecule has 0 radical (unpaired) electrons. The summed E-state index contributed by atoms with van der Waals surface area (Å²) in [6.07, 6.45) is 4.41. The first-order valence-corrected chi connectivity index (χ1v) is 10.7. The topological polar surface area (TPSA) is 68.3 Å². The van der Waals surface area contributed by atoms with Gasteiger partial charge in [-0.25, -0.2) is 4.98 Å². The molecule has 1 fully saturated rings. The van der Waals surface area contributed by atoms with Gasteiger partial charge in [0.05, 0.1) is 18.6 Å². The predicted octanol–water partition coefficient (Wildman–Crippen LogP) is 3.13. The molecule has 0 spiro atoms. The Balaban J connectivity index is 1.53. The highest BCUT2D eigenvalue weighted by Crippen LogP contribution is 2.26. The number of ether oxygens (including phenoxy) is 1. The molecule has 1 heterocycles. The lowest BCUT2D eigenvalue weighted by Crippen LogP contribution is -2.35. The Morgan fingerprint density at radius 1 is 1.32 bits per heavy atom. The van der Waals surface area contributed by atoms with Crippen molar-refractivity contribution in [2.75, 3.05) is 12.9 Å². The summed E-state index contributed by atoms with van der Waals surface area (Å²) in [5.74, 6) is 1.04. The highest BCUT2D eigenvalue weighted by molar-refractivity contribution is 7.84. The van der Waals surface area contributed by atoms with Crippen LogP contribution < -0.4 is 10.1 Å². The smallest absolute Gasteiger partial charge is 0.232 e. The summed E-state index contributed by atoms with van der Waals surface area (Å²) >= 11 is 1.52. The number of methoxy groups -OCH3 is 1. The average Bonchev–Trinajstić information content (AvgIpc) is 3.26. The van der Waals surface area contributed by atoms with Gasteiger partial charge < -0.3 is 10.1 Å². The van der Waals surface area contributed by atoms with Crippen LogP contribution in [0, 0.1) is 0 Å². The van der Waals surface area contributed by atoms with E-state index in [4.69, 9.17) is 4.74 Å². The third-order valence-corrected chi connectivity index (χ3v) is 6.35. The van der Waals surface area contributed by atoms with Gasteiger partial charge >= 0.3 is 0 Å². The third kappa shape index (κ3) is 5.12. The van der Waals surface area contributed by atoms with Gasteiger partial charge in [0.1, 0.15) is 16.5 Å². The van der Waals surface area contributed by atoms with E-state index in [1.807, 2.05) is 29.6 Å². The molecule has 0 bridgehead atoms. The molecule has 1 atom stereocenters. The summed E-state index contributed by atoms with van der Waals surface area (Å²) < 4.78 is 17.4. The first kappa shape index (κ1) is 18.1.